The van der Waals surface area contributed by atoms with Gasteiger partial charge >= 0.3 is 0 Å². The molecule has 5 nitrogen and oxygen atoms in total. The molecule has 2 aliphatic heterocycles. The van der Waals surface area contributed by atoms with Crippen molar-refractivity contribution in [1.82, 2.24) is 0 Å². The zero-order valence-electron chi connectivity index (χ0n) is 10.2. The quantitative estimate of drug-likeness (QED) is 0.668. The van der Waals surface area contributed by atoms with Crippen molar-refractivity contribution < 1.29 is 22.1 Å². The molecule has 0 N–H and O–H groups in total. The molecule has 0 radical (unpaired) electrons. The van der Waals surface area contributed by atoms with Crippen LogP contribution in [-0.4, -0.2) is 46.7 Å². The molecule has 0 spiro atoms. The molecular weight excluding hydrogens is 244 g/mol. The Balaban J connectivity index is 1.81. The highest BCUT2D eigenvalue weighted by atomic mass is 32.2. The summed E-state index contributed by atoms with van der Waals surface area (Å²) in [5, 5.41) is 0. The van der Waals surface area contributed by atoms with Crippen LogP contribution in [0.3, 0.4) is 0 Å². The summed E-state index contributed by atoms with van der Waals surface area (Å²) in [6.45, 7) is 3.89. The standard InChI is InChI=1S/C11H20O5S/c1-2-11(7-14-8-11)9-17(12,13)16-6-10-4-3-5-15-10/h10H,2-9H2,1H3. The zero-order valence-corrected chi connectivity index (χ0v) is 11.0. The van der Waals surface area contributed by atoms with Crippen LogP contribution in [0.5, 0.6) is 0 Å². The molecule has 0 aromatic carbocycles. The van der Waals surface area contributed by atoms with Gasteiger partial charge in [0.2, 0.25) is 0 Å². The molecule has 2 aliphatic rings. The molecular formula is C11H20O5S. The van der Waals surface area contributed by atoms with Crippen LogP contribution >= 0.6 is 0 Å². The van der Waals surface area contributed by atoms with E-state index in [1.54, 1.807) is 0 Å². The summed E-state index contributed by atoms with van der Waals surface area (Å²) < 4.78 is 39.1. The Hall–Kier alpha value is -0.170. The van der Waals surface area contributed by atoms with Crippen molar-refractivity contribution in [3.63, 3.8) is 0 Å². The van der Waals surface area contributed by atoms with Gasteiger partial charge < -0.3 is 9.47 Å². The fourth-order valence-corrected chi connectivity index (χ4v) is 3.72. The van der Waals surface area contributed by atoms with Crippen LogP contribution in [-0.2, 0) is 23.8 Å². The predicted octanol–water partition coefficient (Wildman–Crippen LogP) is 0.938. The fourth-order valence-electron chi connectivity index (χ4n) is 2.15. The first-order valence-electron chi connectivity index (χ1n) is 6.12. The topological polar surface area (TPSA) is 61.8 Å². The van der Waals surface area contributed by atoms with E-state index in [0.29, 0.717) is 19.8 Å². The molecule has 2 rings (SSSR count). The first-order valence-corrected chi connectivity index (χ1v) is 7.69. The van der Waals surface area contributed by atoms with Gasteiger partial charge in [0, 0.05) is 12.0 Å². The van der Waals surface area contributed by atoms with Crippen LogP contribution in [0.2, 0.25) is 0 Å². The molecule has 1 atom stereocenters. The Morgan fingerprint density at radius 1 is 1.41 bits per heavy atom. The molecule has 0 aromatic rings. The molecule has 0 bridgehead atoms. The van der Waals surface area contributed by atoms with E-state index in [1.165, 1.54) is 0 Å². The molecule has 2 saturated heterocycles. The van der Waals surface area contributed by atoms with Crippen LogP contribution in [0.15, 0.2) is 0 Å². The van der Waals surface area contributed by atoms with E-state index in [-0.39, 0.29) is 23.9 Å². The van der Waals surface area contributed by atoms with Gasteiger partial charge in [-0.1, -0.05) is 6.92 Å². The van der Waals surface area contributed by atoms with Gasteiger partial charge in [-0.05, 0) is 19.3 Å². The average molecular weight is 264 g/mol. The Labute approximate surface area is 103 Å². The Morgan fingerprint density at radius 3 is 2.65 bits per heavy atom. The molecule has 2 heterocycles. The highest BCUT2D eigenvalue weighted by Crippen LogP contribution is 2.33. The number of hydrogen-bond acceptors (Lipinski definition) is 5. The van der Waals surface area contributed by atoms with E-state index in [2.05, 4.69) is 0 Å². The minimum Gasteiger partial charge on any atom is -0.380 e. The van der Waals surface area contributed by atoms with Gasteiger partial charge in [-0.15, -0.1) is 0 Å². The third-order valence-corrected chi connectivity index (χ3v) is 4.97. The lowest BCUT2D eigenvalue weighted by atomic mass is 9.86. The zero-order chi connectivity index (χ0) is 12.4. The minimum absolute atomic E-state index is 0.0556. The normalized spacial score (nSPS) is 27.9. The molecule has 100 valence electrons. The second-order valence-corrected chi connectivity index (χ2v) is 6.61. The van der Waals surface area contributed by atoms with Gasteiger partial charge in [-0.25, -0.2) is 0 Å². The minimum atomic E-state index is -3.46. The largest absolute Gasteiger partial charge is 0.380 e. The van der Waals surface area contributed by atoms with E-state index < -0.39 is 10.1 Å². The average Bonchev–Trinajstić information content (AvgIpc) is 2.74. The molecule has 0 aliphatic carbocycles. The van der Waals surface area contributed by atoms with Crippen LogP contribution in [0.25, 0.3) is 0 Å². The monoisotopic (exact) mass is 264 g/mol. The van der Waals surface area contributed by atoms with Gasteiger partial charge in [-0.2, -0.15) is 8.42 Å². The van der Waals surface area contributed by atoms with Crippen LogP contribution in [0.4, 0.5) is 0 Å². The van der Waals surface area contributed by atoms with Crippen molar-refractivity contribution in [3.05, 3.63) is 0 Å². The SMILES string of the molecule is CCC1(CS(=O)(=O)OCC2CCCO2)COC1. The van der Waals surface area contributed by atoms with Gasteiger partial charge in [0.05, 0.1) is 31.7 Å². The first kappa shape index (κ1) is 13.3. The summed E-state index contributed by atoms with van der Waals surface area (Å²) in [6, 6.07) is 0. The van der Waals surface area contributed by atoms with Crippen LogP contribution in [0, 0.1) is 5.41 Å². The fraction of sp³-hybridized carbons (Fsp3) is 1.00. The van der Waals surface area contributed by atoms with Crippen molar-refractivity contribution in [2.45, 2.75) is 32.3 Å². The summed E-state index contributed by atoms with van der Waals surface area (Å²) in [5.74, 6) is 0.0587. The van der Waals surface area contributed by atoms with E-state index in [0.717, 1.165) is 19.3 Å². The van der Waals surface area contributed by atoms with Gasteiger partial charge in [0.15, 0.2) is 0 Å². The predicted molar refractivity (Wildman–Crippen MR) is 62.3 cm³/mol. The van der Waals surface area contributed by atoms with Crippen molar-refractivity contribution in [2.24, 2.45) is 5.41 Å². The van der Waals surface area contributed by atoms with Gasteiger partial charge in [-0.3, -0.25) is 4.18 Å². The van der Waals surface area contributed by atoms with E-state index in [9.17, 15) is 8.42 Å². The smallest absolute Gasteiger partial charge is 0.268 e. The maximum Gasteiger partial charge on any atom is 0.268 e. The second kappa shape index (κ2) is 5.22. The van der Waals surface area contributed by atoms with Crippen molar-refractivity contribution in [1.29, 1.82) is 0 Å². The molecule has 0 aromatic heterocycles. The van der Waals surface area contributed by atoms with Gasteiger partial charge in [0.1, 0.15) is 0 Å². The lowest BCUT2D eigenvalue weighted by molar-refractivity contribution is -0.101. The van der Waals surface area contributed by atoms with Crippen molar-refractivity contribution in [2.75, 3.05) is 32.2 Å². The lowest BCUT2D eigenvalue weighted by Gasteiger charge is -2.40. The van der Waals surface area contributed by atoms with E-state index in [4.69, 9.17) is 13.7 Å². The third kappa shape index (κ3) is 3.40. The molecule has 17 heavy (non-hydrogen) atoms. The molecule has 6 heteroatoms. The van der Waals surface area contributed by atoms with Gasteiger partial charge in [0.25, 0.3) is 10.1 Å². The third-order valence-electron chi connectivity index (χ3n) is 3.51. The Morgan fingerprint density at radius 2 is 2.18 bits per heavy atom. The highest BCUT2D eigenvalue weighted by molar-refractivity contribution is 7.86. The lowest BCUT2D eigenvalue weighted by Crippen LogP contribution is -2.47. The summed E-state index contributed by atoms with van der Waals surface area (Å²) in [6.07, 6.45) is 2.62. The summed E-state index contributed by atoms with van der Waals surface area (Å²) in [5.41, 5.74) is -0.227. The molecule has 2 fully saturated rings. The number of rotatable bonds is 6. The summed E-state index contributed by atoms with van der Waals surface area (Å²) in [4.78, 5) is 0. The number of ether oxygens (including phenoxy) is 2. The molecule has 0 amide bonds. The van der Waals surface area contributed by atoms with Crippen LogP contribution < -0.4 is 0 Å². The van der Waals surface area contributed by atoms with Crippen molar-refractivity contribution >= 4 is 10.1 Å². The first-order chi connectivity index (χ1) is 8.05. The van der Waals surface area contributed by atoms with E-state index in [1.807, 2.05) is 6.92 Å². The maximum atomic E-state index is 11.8. The second-order valence-electron chi connectivity index (χ2n) is 4.97. The van der Waals surface area contributed by atoms with Crippen molar-refractivity contribution in [3.8, 4) is 0 Å². The Bertz CT molecular complexity index is 335. The Kier molecular flexibility index (Phi) is 4.07. The summed E-state index contributed by atoms with van der Waals surface area (Å²) in [7, 11) is -3.46. The summed E-state index contributed by atoms with van der Waals surface area (Å²) >= 11 is 0. The molecule has 1 unspecified atom stereocenters. The molecule has 0 saturated carbocycles. The highest BCUT2D eigenvalue weighted by Gasteiger charge is 2.41. The maximum absolute atomic E-state index is 11.8. The number of hydrogen-bond donors (Lipinski definition) is 0. The van der Waals surface area contributed by atoms with E-state index >= 15 is 0 Å². The van der Waals surface area contributed by atoms with Crippen LogP contribution in [0.1, 0.15) is 26.2 Å².